The van der Waals surface area contributed by atoms with Gasteiger partial charge in [-0.1, -0.05) is 12.1 Å². The Morgan fingerprint density at radius 3 is 2.39 bits per heavy atom. The summed E-state index contributed by atoms with van der Waals surface area (Å²) in [5.41, 5.74) is -0.233. The first-order valence-electron chi connectivity index (χ1n) is 10.2. The highest BCUT2D eigenvalue weighted by Crippen LogP contribution is 2.31. The first kappa shape index (κ1) is 25.4. The third-order valence-electron chi connectivity index (χ3n) is 4.77. The fourth-order valence-electron chi connectivity index (χ4n) is 3.04. The number of carbonyl (C=O) groups is 2. The lowest BCUT2D eigenvalue weighted by Crippen LogP contribution is -2.14. The van der Waals surface area contributed by atoms with E-state index in [-0.39, 0.29) is 39.8 Å². The number of nitriles is 1. The minimum Gasteiger partial charge on any atom is -0.495 e. The number of amides is 1. The second-order valence-electron chi connectivity index (χ2n) is 7.08. The van der Waals surface area contributed by atoms with E-state index in [0.29, 0.717) is 5.56 Å². The Kier molecular flexibility index (Phi) is 7.94. The zero-order chi connectivity index (χ0) is 26.2. The number of carbonyl (C=O) groups excluding carboxylic acids is 2. The van der Waals surface area contributed by atoms with E-state index in [2.05, 4.69) is 5.32 Å². The van der Waals surface area contributed by atoms with Crippen molar-refractivity contribution < 1.29 is 33.1 Å². The van der Waals surface area contributed by atoms with Gasteiger partial charge in [0.25, 0.3) is 11.6 Å². The summed E-state index contributed by atoms with van der Waals surface area (Å²) in [5.74, 6) is -1.92. The molecule has 182 valence electrons. The number of esters is 1. The Bertz CT molecular complexity index is 1410. The van der Waals surface area contributed by atoms with Crippen LogP contribution in [-0.4, -0.2) is 31.0 Å². The molecule has 0 saturated carbocycles. The fourth-order valence-corrected chi connectivity index (χ4v) is 3.04. The van der Waals surface area contributed by atoms with Gasteiger partial charge in [-0.2, -0.15) is 5.26 Å². The van der Waals surface area contributed by atoms with Gasteiger partial charge >= 0.3 is 5.97 Å². The highest BCUT2D eigenvalue weighted by atomic mass is 19.1. The van der Waals surface area contributed by atoms with Crippen LogP contribution in [0.25, 0.3) is 6.08 Å². The average Bonchev–Trinajstić information content (AvgIpc) is 2.87. The zero-order valence-electron chi connectivity index (χ0n) is 19.0. The van der Waals surface area contributed by atoms with Crippen LogP contribution < -0.4 is 19.5 Å². The lowest BCUT2D eigenvalue weighted by molar-refractivity contribution is -0.384. The van der Waals surface area contributed by atoms with Crippen molar-refractivity contribution in [1.82, 2.24) is 0 Å². The number of rotatable bonds is 8. The van der Waals surface area contributed by atoms with Gasteiger partial charge in [0.2, 0.25) is 0 Å². The van der Waals surface area contributed by atoms with Gasteiger partial charge in [-0.25, -0.2) is 9.18 Å². The Morgan fingerprint density at radius 1 is 1.03 bits per heavy atom. The van der Waals surface area contributed by atoms with Gasteiger partial charge < -0.3 is 19.5 Å². The predicted octanol–water partition coefficient (Wildman–Crippen LogP) is 4.52. The van der Waals surface area contributed by atoms with Crippen molar-refractivity contribution in [3.63, 3.8) is 0 Å². The largest absolute Gasteiger partial charge is 0.495 e. The van der Waals surface area contributed by atoms with Crippen molar-refractivity contribution in [2.45, 2.75) is 0 Å². The molecule has 3 aromatic rings. The topological polar surface area (TPSA) is 141 Å². The number of halogens is 1. The number of anilines is 1. The molecule has 10 nitrogen and oxygen atoms in total. The Balaban J connectivity index is 1.84. The van der Waals surface area contributed by atoms with E-state index >= 15 is 0 Å². The third kappa shape index (κ3) is 6.00. The number of ether oxygens (including phenoxy) is 3. The van der Waals surface area contributed by atoms with Gasteiger partial charge in [0.05, 0.1) is 30.4 Å². The molecule has 0 spiro atoms. The SMILES string of the molecule is COc1ccc([N+](=O)[O-])cc1NC(=O)/C(C#N)=C/c1ccc(OC(=O)c2cccc(F)c2)c(OC)c1. The molecule has 0 radical (unpaired) electrons. The Hall–Kier alpha value is -5.24. The summed E-state index contributed by atoms with van der Waals surface area (Å²) in [5, 5.41) is 23.0. The maximum absolute atomic E-state index is 13.4. The molecule has 0 aliphatic rings. The molecule has 1 amide bonds. The molecular weight excluding hydrogens is 473 g/mol. The number of methoxy groups -OCH3 is 2. The van der Waals surface area contributed by atoms with Crippen LogP contribution >= 0.6 is 0 Å². The number of non-ortho nitro benzene ring substituents is 1. The van der Waals surface area contributed by atoms with Gasteiger partial charge in [-0.05, 0) is 48.0 Å². The second kappa shape index (κ2) is 11.3. The van der Waals surface area contributed by atoms with Crippen molar-refractivity contribution in [2.75, 3.05) is 19.5 Å². The molecule has 3 rings (SSSR count). The normalized spacial score (nSPS) is 10.7. The number of hydrogen-bond acceptors (Lipinski definition) is 8. The van der Waals surface area contributed by atoms with E-state index < -0.39 is 22.6 Å². The number of nitrogens with one attached hydrogen (secondary N) is 1. The second-order valence-corrected chi connectivity index (χ2v) is 7.08. The number of nitro groups is 1. The lowest BCUT2D eigenvalue weighted by atomic mass is 10.1. The molecule has 0 heterocycles. The number of nitro benzene ring substituents is 1. The molecule has 36 heavy (non-hydrogen) atoms. The molecule has 0 aromatic heterocycles. The quantitative estimate of drug-likeness (QED) is 0.121. The molecular formula is C25H18FN3O7. The van der Waals surface area contributed by atoms with E-state index in [0.717, 1.165) is 12.1 Å². The minimum absolute atomic E-state index is 0.000963. The molecule has 0 fully saturated rings. The third-order valence-corrected chi connectivity index (χ3v) is 4.77. The first-order chi connectivity index (χ1) is 17.2. The molecule has 0 atom stereocenters. The molecule has 0 bridgehead atoms. The van der Waals surface area contributed by atoms with Crippen LogP contribution in [0.2, 0.25) is 0 Å². The maximum atomic E-state index is 13.4. The van der Waals surface area contributed by atoms with Crippen LogP contribution in [0.5, 0.6) is 17.2 Å². The number of hydrogen-bond donors (Lipinski definition) is 1. The monoisotopic (exact) mass is 491 g/mol. The van der Waals surface area contributed by atoms with Crippen molar-refractivity contribution in [1.29, 1.82) is 5.26 Å². The van der Waals surface area contributed by atoms with E-state index in [1.807, 2.05) is 0 Å². The van der Waals surface area contributed by atoms with Crippen molar-refractivity contribution >= 4 is 29.3 Å². The average molecular weight is 491 g/mol. The molecule has 0 saturated heterocycles. The maximum Gasteiger partial charge on any atom is 0.343 e. The van der Waals surface area contributed by atoms with Crippen LogP contribution in [0.3, 0.4) is 0 Å². The van der Waals surface area contributed by atoms with E-state index in [4.69, 9.17) is 14.2 Å². The smallest absolute Gasteiger partial charge is 0.343 e. The van der Waals surface area contributed by atoms with Crippen LogP contribution in [0.15, 0.2) is 66.2 Å². The number of benzene rings is 3. The van der Waals surface area contributed by atoms with E-state index in [9.17, 15) is 29.4 Å². The van der Waals surface area contributed by atoms with Gasteiger partial charge in [-0.3, -0.25) is 14.9 Å². The van der Waals surface area contributed by atoms with Crippen LogP contribution in [-0.2, 0) is 4.79 Å². The van der Waals surface area contributed by atoms with Crippen molar-refractivity contribution in [3.05, 3.63) is 93.3 Å². The first-order valence-corrected chi connectivity index (χ1v) is 10.2. The van der Waals surface area contributed by atoms with Gasteiger partial charge in [-0.15, -0.1) is 0 Å². The van der Waals surface area contributed by atoms with Gasteiger partial charge in [0.1, 0.15) is 23.2 Å². The van der Waals surface area contributed by atoms with Crippen LogP contribution in [0, 0.1) is 27.3 Å². The molecule has 0 unspecified atom stereocenters. The van der Waals surface area contributed by atoms with Gasteiger partial charge in [0, 0.05) is 12.1 Å². The zero-order valence-corrected chi connectivity index (χ0v) is 19.0. The van der Waals surface area contributed by atoms with Crippen molar-refractivity contribution in [3.8, 4) is 23.3 Å². The van der Waals surface area contributed by atoms with Crippen LogP contribution in [0.1, 0.15) is 15.9 Å². The summed E-state index contributed by atoms with van der Waals surface area (Å²) in [7, 11) is 2.65. The Labute approximate surface area is 204 Å². The summed E-state index contributed by atoms with van der Waals surface area (Å²) in [6.07, 6.45) is 1.25. The standard InChI is InChI=1S/C25H18FN3O7/c1-34-21-9-7-19(29(32)33)13-20(21)28-24(30)17(14-27)10-15-6-8-22(23(11-15)35-2)36-25(31)16-4-3-5-18(26)12-16/h3-13H,1-2H3,(H,28,30)/b17-10+. The molecule has 3 aromatic carbocycles. The lowest BCUT2D eigenvalue weighted by Gasteiger charge is -2.11. The highest BCUT2D eigenvalue weighted by molar-refractivity contribution is 6.10. The molecule has 11 heteroatoms. The summed E-state index contributed by atoms with van der Waals surface area (Å²) in [4.78, 5) is 35.4. The Morgan fingerprint density at radius 2 is 1.75 bits per heavy atom. The van der Waals surface area contributed by atoms with Crippen LogP contribution in [0.4, 0.5) is 15.8 Å². The molecule has 0 aliphatic carbocycles. The minimum atomic E-state index is -0.836. The molecule has 1 N–H and O–H groups in total. The summed E-state index contributed by atoms with van der Waals surface area (Å²) >= 11 is 0. The van der Waals surface area contributed by atoms with Gasteiger partial charge in [0.15, 0.2) is 11.5 Å². The van der Waals surface area contributed by atoms with E-state index in [1.165, 1.54) is 68.8 Å². The predicted molar refractivity (Wildman–Crippen MR) is 126 cm³/mol. The summed E-state index contributed by atoms with van der Waals surface area (Å²) in [6, 6.07) is 14.7. The van der Waals surface area contributed by atoms with E-state index in [1.54, 1.807) is 6.07 Å². The highest BCUT2D eigenvalue weighted by Gasteiger charge is 2.17. The molecule has 0 aliphatic heterocycles. The fraction of sp³-hybridized carbons (Fsp3) is 0.0800. The number of nitrogens with zero attached hydrogens (tertiary/aromatic N) is 2. The van der Waals surface area contributed by atoms with Crippen molar-refractivity contribution in [2.24, 2.45) is 0 Å². The summed E-state index contributed by atoms with van der Waals surface area (Å²) < 4.78 is 29.0. The summed E-state index contributed by atoms with van der Waals surface area (Å²) in [6.45, 7) is 0.